The summed E-state index contributed by atoms with van der Waals surface area (Å²) in [4.78, 5) is 6.57. The number of hydrogen-bond donors (Lipinski definition) is 1. The highest BCUT2D eigenvalue weighted by atomic mass is 32.1. The highest BCUT2D eigenvalue weighted by Gasteiger charge is 2.20. The lowest BCUT2D eigenvalue weighted by Crippen LogP contribution is -2.33. The van der Waals surface area contributed by atoms with Crippen molar-refractivity contribution in [2.45, 2.75) is 32.4 Å². The van der Waals surface area contributed by atoms with E-state index in [2.05, 4.69) is 31.6 Å². The number of nitrogens with zero attached hydrogens (tertiary/aromatic N) is 4. The van der Waals surface area contributed by atoms with Crippen LogP contribution in [0.3, 0.4) is 0 Å². The van der Waals surface area contributed by atoms with Gasteiger partial charge in [0.05, 0.1) is 0 Å². The molecule has 1 unspecified atom stereocenters. The van der Waals surface area contributed by atoms with E-state index in [1.54, 1.807) is 12.4 Å². The van der Waals surface area contributed by atoms with E-state index in [4.69, 9.17) is 12.2 Å². The fourth-order valence-electron chi connectivity index (χ4n) is 2.77. The van der Waals surface area contributed by atoms with E-state index >= 15 is 0 Å². The van der Waals surface area contributed by atoms with Crippen molar-refractivity contribution in [2.24, 2.45) is 0 Å². The first-order chi connectivity index (χ1) is 9.75. The Hall–Kier alpha value is -1.53. The van der Waals surface area contributed by atoms with Crippen LogP contribution >= 0.6 is 12.2 Å². The second-order valence-electron chi connectivity index (χ2n) is 5.29. The van der Waals surface area contributed by atoms with Gasteiger partial charge in [-0.25, -0.2) is 0 Å². The topological polar surface area (TPSA) is 49.7 Å². The quantitative estimate of drug-likeness (QED) is 0.879. The van der Waals surface area contributed by atoms with Gasteiger partial charge >= 0.3 is 0 Å². The van der Waals surface area contributed by atoms with E-state index in [1.807, 2.05) is 12.1 Å². The van der Waals surface area contributed by atoms with E-state index in [0.29, 0.717) is 10.8 Å². The number of nitrogens with one attached hydrogen (secondary N) is 1. The summed E-state index contributed by atoms with van der Waals surface area (Å²) in [5.41, 5.74) is 1.04. The Morgan fingerprint density at radius 2 is 2.00 bits per heavy atom. The minimum atomic E-state index is 0.474. The van der Waals surface area contributed by atoms with Gasteiger partial charge in [-0.2, -0.15) is 5.10 Å². The van der Waals surface area contributed by atoms with Crippen LogP contribution in [0.2, 0.25) is 0 Å². The Labute approximate surface area is 123 Å². The van der Waals surface area contributed by atoms with E-state index in [1.165, 1.54) is 25.9 Å². The fraction of sp³-hybridized carbons (Fsp3) is 0.500. The highest BCUT2D eigenvalue weighted by molar-refractivity contribution is 7.71. The molecule has 20 heavy (non-hydrogen) atoms. The van der Waals surface area contributed by atoms with Crippen LogP contribution < -0.4 is 0 Å². The van der Waals surface area contributed by atoms with Crippen molar-refractivity contribution < 1.29 is 0 Å². The van der Waals surface area contributed by atoms with Crippen molar-refractivity contribution in [2.75, 3.05) is 13.1 Å². The summed E-state index contributed by atoms with van der Waals surface area (Å²) < 4.78 is 2.77. The summed E-state index contributed by atoms with van der Waals surface area (Å²) in [5.74, 6) is 0.892. The molecule has 1 aliphatic heterocycles. The molecule has 0 aromatic carbocycles. The van der Waals surface area contributed by atoms with E-state index in [9.17, 15) is 0 Å². The summed E-state index contributed by atoms with van der Waals surface area (Å²) in [6.07, 6.45) is 6.17. The molecule has 1 fully saturated rings. The summed E-state index contributed by atoms with van der Waals surface area (Å²) >= 11 is 5.38. The Balaban J connectivity index is 1.86. The maximum Gasteiger partial charge on any atom is 0.195 e. The number of likely N-dealkylation sites (tertiary alicyclic amines) is 1. The molecule has 0 aliphatic carbocycles. The molecule has 3 heterocycles. The van der Waals surface area contributed by atoms with Gasteiger partial charge < -0.3 is 0 Å². The molecule has 1 saturated heterocycles. The first kappa shape index (κ1) is 13.5. The van der Waals surface area contributed by atoms with Crippen LogP contribution in [0.1, 0.15) is 19.8 Å². The van der Waals surface area contributed by atoms with Crippen LogP contribution in [0.4, 0.5) is 0 Å². The van der Waals surface area contributed by atoms with Gasteiger partial charge in [0, 0.05) is 30.5 Å². The van der Waals surface area contributed by atoms with Crippen molar-refractivity contribution >= 4 is 12.2 Å². The molecule has 5 nitrogen and oxygen atoms in total. The molecule has 2 aromatic rings. The minimum absolute atomic E-state index is 0.474. The van der Waals surface area contributed by atoms with Gasteiger partial charge in [-0.05, 0) is 57.2 Å². The van der Waals surface area contributed by atoms with Crippen molar-refractivity contribution in [3.8, 4) is 11.4 Å². The molecule has 1 aliphatic rings. The Kier molecular flexibility index (Phi) is 3.93. The first-order valence-electron chi connectivity index (χ1n) is 7.05. The van der Waals surface area contributed by atoms with Crippen LogP contribution in [0.15, 0.2) is 24.5 Å². The van der Waals surface area contributed by atoms with E-state index < -0.39 is 0 Å². The minimum Gasteiger partial charge on any atom is -0.299 e. The summed E-state index contributed by atoms with van der Waals surface area (Å²) in [6, 6.07) is 4.40. The van der Waals surface area contributed by atoms with Crippen molar-refractivity contribution in [1.29, 1.82) is 0 Å². The summed E-state index contributed by atoms with van der Waals surface area (Å²) in [5, 5.41) is 7.27. The third-order valence-electron chi connectivity index (χ3n) is 3.91. The molecule has 6 heteroatoms. The van der Waals surface area contributed by atoms with Gasteiger partial charge in [-0.15, -0.1) is 0 Å². The van der Waals surface area contributed by atoms with Crippen LogP contribution in [0, 0.1) is 4.77 Å². The third-order valence-corrected chi connectivity index (χ3v) is 4.22. The van der Waals surface area contributed by atoms with Gasteiger partial charge in [0.2, 0.25) is 0 Å². The number of aromatic nitrogens is 4. The van der Waals surface area contributed by atoms with Gasteiger partial charge in [0.25, 0.3) is 0 Å². The molecule has 0 bridgehead atoms. The lowest BCUT2D eigenvalue weighted by atomic mass is 10.2. The largest absolute Gasteiger partial charge is 0.299 e. The number of pyridine rings is 1. The average molecular weight is 289 g/mol. The monoisotopic (exact) mass is 289 g/mol. The summed E-state index contributed by atoms with van der Waals surface area (Å²) in [6.45, 7) is 5.51. The zero-order chi connectivity index (χ0) is 13.9. The fourth-order valence-corrected chi connectivity index (χ4v) is 2.98. The second kappa shape index (κ2) is 5.85. The van der Waals surface area contributed by atoms with Gasteiger partial charge in [0.1, 0.15) is 0 Å². The van der Waals surface area contributed by atoms with Crippen molar-refractivity contribution in [3.63, 3.8) is 0 Å². The third kappa shape index (κ3) is 2.66. The van der Waals surface area contributed by atoms with Crippen molar-refractivity contribution in [3.05, 3.63) is 29.3 Å². The molecule has 3 rings (SSSR count). The Morgan fingerprint density at radius 3 is 2.70 bits per heavy atom. The number of rotatable bonds is 4. The number of aromatic amines is 1. The van der Waals surface area contributed by atoms with Crippen LogP contribution in [0.25, 0.3) is 11.4 Å². The van der Waals surface area contributed by atoms with Crippen LogP contribution in [-0.2, 0) is 6.54 Å². The molecule has 0 spiro atoms. The van der Waals surface area contributed by atoms with E-state index in [-0.39, 0.29) is 0 Å². The molecule has 106 valence electrons. The highest BCUT2D eigenvalue weighted by Crippen LogP contribution is 2.19. The van der Waals surface area contributed by atoms with Gasteiger partial charge in [-0.1, -0.05) is 0 Å². The predicted molar refractivity (Wildman–Crippen MR) is 80.9 cm³/mol. The van der Waals surface area contributed by atoms with E-state index in [0.717, 1.165) is 17.9 Å². The molecule has 1 atom stereocenters. The predicted octanol–water partition coefficient (Wildman–Crippen LogP) is 2.49. The molecule has 0 amide bonds. The maximum absolute atomic E-state index is 5.38. The molecule has 0 saturated carbocycles. The number of hydrogen-bond acceptors (Lipinski definition) is 4. The Bertz CT molecular complexity index is 612. The first-order valence-corrected chi connectivity index (χ1v) is 7.46. The van der Waals surface area contributed by atoms with Gasteiger partial charge in [0.15, 0.2) is 10.6 Å². The Morgan fingerprint density at radius 1 is 1.30 bits per heavy atom. The SMILES string of the molecule is CC(Cn1c(-c2ccncc2)n[nH]c1=S)N1CCCC1. The van der Waals surface area contributed by atoms with Crippen LogP contribution in [0.5, 0.6) is 0 Å². The van der Waals surface area contributed by atoms with Gasteiger partial charge in [-0.3, -0.25) is 19.5 Å². The average Bonchev–Trinajstić information content (AvgIpc) is 3.11. The maximum atomic E-state index is 5.38. The molecular formula is C14H19N5S. The smallest absolute Gasteiger partial charge is 0.195 e. The summed E-state index contributed by atoms with van der Waals surface area (Å²) in [7, 11) is 0. The molecule has 0 radical (unpaired) electrons. The van der Waals surface area contributed by atoms with Crippen LogP contribution in [-0.4, -0.2) is 43.8 Å². The van der Waals surface area contributed by atoms with Crippen molar-refractivity contribution in [1.82, 2.24) is 24.6 Å². The zero-order valence-electron chi connectivity index (χ0n) is 11.6. The zero-order valence-corrected chi connectivity index (χ0v) is 12.4. The molecule has 1 N–H and O–H groups in total. The molecular weight excluding hydrogens is 270 g/mol. The number of H-pyrrole nitrogens is 1. The second-order valence-corrected chi connectivity index (χ2v) is 5.68. The lowest BCUT2D eigenvalue weighted by molar-refractivity contribution is 0.235. The normalized spacial score (nSPS) is 17.4. The molecule has 2 aromatic heterocycles. The standard InChI is InChI=1S/C14H19N5S/c1-11(18-8-2-3-9-18)10-19-13(16-17-14(19)20)12-4-6-15-7-5-12/h4-7,11H,2-3,8-10H2,1H3,(H,17,20). The lowest BCUT2D eigenvalue weighted by Gasteiger charge is -2.24.